The lowest BCUT2D eigenvalue weighted by molar-refractivity contribution is 0.874. The summed E-state index contributed by atoms with van der Waals surface area (Å²) in [7, 11) is 0. The van der Waals surface area contributed by atoms with Crippen LogP contribution in [0.4, 0.5) is 11.4 Å². The van der Waals surface area contributed by atoms with Crippen LogP contribution in [0.5, 0.6) is 0 Å². The van der Waals surface area contributed by atoms with E-state index in [1.54, 1.807) is 0 Å². The van der Waals surface area contributed by atoms with Gasteiger partial charge >= 0.3 is 0 Å². The molecule has 0 saturated heterocycles. The molecule has 0 radical (unpaired) electrons. The predicted octanol–water partition coefficient (Wildman–Crippen LogP) is 4.62. The first-order valence-electron chi connectivity index (χ1n) is 6.13. The fraction of sp³-hybridized carbons (Fsp3) is 0.200. The summed E-state index contributed by atoms with van der Waals surface area (Å²) in [5.74, 6) is 0. The topological polar surface area (TPSA) is 29.3 Å². The lowest BCUT2D eigenvalue weighted by Crippen LogP contribution is -2.16. The van der Waals surface area contributed by atoms with Crippen LogP contribution in [0.3, 0.4) is 0 Å². The minimum atomic E-state index is 0.863. The first-order chi connectivity index (χ1) is 9.06. The van der Waals surface area contributed by atoms with Gasteiger partial charge in [0.15, 0.2) is 0 Å². The van der Waals surface area contributed by atoms with Crippen LogP contribution in [0.25, 0.3) is 0 Å². The molecule has 2 aromatic rings. The minimum Gasteiger partial charge on any atom is -0.398 e. The van der Waals surface area contributed by atoms with Gasteiger partial charge in [-0.15, -0.1) is 0 Å². The highest BCUT2D eigenvalue weighted by molar-refractivity contribution is 9.11. The summed E-state index contributed by atoms with van der Waals surface area (Å²) in [6, 6.07) is 10.4. The number of anilines is 2. The average molecular weight is 382 g/mol. The van der Waals surface area contributed by atoms with Gasteiger partial charge in [-0.3, -0.25) is 0 Å². The normalized spacial score (nSPS) is 13.7. The van der Waals surface area contributed by atoms with E-state index in [1.807, 2.05) is 12.1 Å². The van der Waals surface area contributed by atoms with Crippen molar-refractivity contribution in [2.75, 3.05) is 10.6 Å². The van der Waals surface area contributed by atoms with E-state index >= 15 is 0 Å². The van der Waals surface area contributed by atoms with E-state index in [4.69, 9.17) is 5.73 Å². The maximum atomic E-state index is 6.06. The quantitative estimate of drug-likeness (QED) is 0.730. The maximum absolute atomic E-state index is 6.06. The number of hydrogen-bond donors (Lipinski definition) is 1. The fourth-order valence-corrected chi connectivity index (χ4v) is 4.52. The first-order valence-corrected chi connectivity index (χ1v) is 7.71. The third-order valence-electron chi connectivity index (χ3n) is 3.50. The number of fused-ring (bicyclic) bond motifs is 1. The van der Waals surface area contributed by atoms with Gasteiger partial charge in [0.1, 0.15) is 0 Å². The van der Waals surface area contributed by atoms with Crippen LogP contribution in [-0.2, 0) is 13.1 Å². The summed E-state index contributed by atoms with van der Waals surface area (Å²) in [6.45, 7) is 3.86. The zero-order valence-corrected chi connectivity index (χ0v) is 13.8. The standard InChI is InChI=1S/C15H14Br2N2/c1-9-5-12(16)15(13(17)6-9)19-7-10-3-2-4-14(18)11(10)8-19/h2-6H,7-8,18H2,1H3. The summed E-state index contributed by atoms with van der Waals surface area (Å²) in [5, 5.41) is 0. The molecule has 0 aliphatic carbocycles. The van der Waals surface area contributed by atoms with Crippen molar-refractivity contribution >= 4 is 43.2 Å². The highest BCUT2D eigenvalue weighted by Crippen LogP contribution is 2.40. The minimum absolute atomic E-state index is 0.863. The van der Waals surface area contributed by atoms with E-state index in [0.717, 1.165) is 27.7 Å². The number of nitrogens with two attached hydrogens (primary N) is 1. The van der Waals surface area contributed by atoms with Crippen LogP contribution in [0.2, 0.25) is 0 Å². The Kier molecular flexibility index (Phi) is 3.31. The Balaban J connectivity index is 2.02. The Morgan fingerprint density at radius 2 is 1.79 bits per heavy atom. The molecule has 0 aromatic heterocycles. The average Bonchev–Trinajstić information content (AvgIpc) is 2.72. The Morgan fingerprint density at radius 3 is 2.42 bits per heavy atom. The summed E-state index contributed by atoms with van der Waals surface area (Å²) in [6.07, 6.45) is 0. The third-order valence-corrected chi connectivity index (χ3v) is 4.71. The first kappa shape index (κ1) is 13.0. The van der Waals surface area contributed by atoms with E-state index in [2.05, 4.69) is 61.9 Å². The highest BCUT2D eigenvalue weighted by Gasteiger charge is 2.24. The number of hydrogen-bond acceptors (Lipinski definition) is 2. The van der Waals surface area contributed by atoms with Gasteiger partial charge in [0.2, 0.25) is 0 Å². The molecule has 1 aliphatic rings. The van der Waals surface area contributed by atoms with Gasteiger partial charge in [-0.1, -0.05) is 12.1 Å². The molecular formula is C15H14Br2N2. The van der Waals surface area contributed by atoms with E-state index in [0.29, 0.717) is 0 Å². The van der Waals surface area contributed by atoms with Crippen molar-refractivity contribution in [1.29, 1.82) is 0 Å². The van der Waals surface area contributed by atoms with Crippen molar-refractivity contribution in [3.63, 3.8) is 0 Å². The molecule has 0 spiro atoms. The van der Waals surface area contributed by atoms with Crippen LogP contribution in [-0.4, -0.2) is 0 Å². The molecule has 0 bridgehead atoms. The molecule has 0 amide bonds. The second kappa shape index (κ2) is 4.84. The van der Waals surface area contributed by atoms with E-state index in [9.17, 15) is 0 Å². The molecule has 0 saturated carbocycles. The van der Waals surface area contributed by atoms with Crippen LogP contribution in [0.15, 0.2) is 39.3 Å². The van der Waals surface area contributed by atoms with Crippen LogP contribution in [0, 0.1) is 6.92 Å². The third kappa shape index (κ3) is 2.28. The van der Waals surface area contributed by atoms with Crippen molar-refractivity contribution in [2.45, 2.75) is 20.0 Å². The molecular weight excluding hydrogens is 368 g/mol. The van der Waals surface area contributed by atoms with Gasteiger partial charge in [0.25, 0.3) is 0 Å². The summed E-state index contributed by atoms with van der Waals surface area (Å²) >= 11 is 7.34. The second-order valence-corrected chi connectivity index (χ2v) is 6.63. The number of nitrogen functional groups attached to an aromatic ring is 1. The van der Waals surface area contributed by atoms with E-state index < -0.39 is 0 Å². The molecule has 0 unspecified atom stereocenters. The molecule has 1 aliphatic heterocycles. The number of aryl methyl sites for hydroxylation is 1. The summed E-state index contributed by atoms with van der Waals surface area (Å²) in [4.78, 5) is 2.34. The smallest absolute Gasteiger partial charge is 0.0661 e. The highest BCUT2D eigenvalue weighted by atomic mass is 79.9. The molecule has 2 N–H and O–H groups in total. The van der Waals surface area contributed by atoms with Gasteiger partial charge in [-0.05, 0) is 73.7 Å². The van der Waals surface area contributed by atoms with Crippen molar-refractivity contribution in [1.82, 2.24) is 0 Å². The van der Waals surface area contributed by atoms with Gasteiger partial charge in [-0.25, -0.2) is 0 Å². The Hall–Kier alpha value is -1.00. The molecule has 19 heavy (non-hydrogen) atoms. The summed E-state index contributed by atoms with van der Waals surface area (Å²) < 4.78 is 2.23. The molecule has 2 aromatic carbocycles. The summed E-state index contributed by atoms with van der Waals surface area (Å²) in [5.41, 5.74) is 12.0. The van der Waals surface area contributed by atoms with Crippen molar-refractivity contribution < 1.29 is 0 Å². The maximum Gasteiger partial charge on any atom is 0.0661 e. The lowest BCUT2D eigenvalue weighted by Gasteiger charge is -2.21. The number of halogens is 2. The Labute approximate surface area is 129 Å². The largest absolute Gasteiger partial charge is 0.398 e. The van der Waals surface area contributed by atoms with Crippen LogP contribution >= 0.6 is 31.9 Å². The number of nitrogens with zero attached hydrogens (tertiary/aromatic N) is 1. The van der Waals surface area contributed by atoms with Crippen LogP contribution < -0.4 is 10.6 Å². The number of benzene rings is 2. The fourth-order valence-electron chi connectivity index (χ4n) is 2.60. The van der Waals surface area contributed by atoms with Crippen molar-refractivity contribution in [2.24, 2.45) is 0 Å². The molecule has 4 heteroatoms. The SMILES string of the molecule is Cc1cc(Br)c(N2Cc3cccc(N)c3C2)c(Br)c1. The molecule has 0 atom stereocenters. The number of rotatable bonds is 1. The van der Waals surface area contributed by atoms with Gasteiger partial charge in [-0.2, -0.15) is 0 Å². The molecule has 0 fully saturated rings. The van der Waals surface area contributed by atoms with Gasteiger partial charge < -0.3 is 10.6 Å². The zero-order chi connectivity index (χ0) is 13.6. The van der Waals surface area contributed by atoms with E-state index in [-0.39, 0.29) is 0 Å². The molecule has 2 nitrogen and oxygen atoms in total. The van der Waals surface area contributed by atoms with Crippen LogP contribution in [0.1, 0.15) is 16.7 Å². The van der Waals surface area contributed by atoms with Gasteiger partial charge in [0.05, 0.1) is 5.69 Å². The van der Waals surface area contributed by atoms with Crippen molar-refractivity contribution in [3.05, 3.63) is 56.0 Å². The molecule has 1 heterocycles. The van der Waals surface area contributed by atoms with Crippen molar-refractivity contribution in [3.8, 4) is 0 Å². The monoisotopic (exact) mass is 380 g/mol. The Morgan fingerprint density at radius 1 is 1.11 bits per heavy atom. The second-order valence-electron chi connectivity index (χ2n) is 4.92. The van der Waals surface area contributed by atoms with Gasteiger partial charge in [0, 0.05) is 27.7 Å². The predicted molar refractivity (Wildman–Crippen MR) is 87.3 cm³/mol. The molecule has 3 rings (SSSR count). The lowest BCUT2D eigenvalue weighted by atomic mass is 10.1. The Bertz CT molecular complexity index is 630. The molecule has 98 valence electrons. The zero-order valence-electron chi connectivity index (χ0n) is 10.6. The van der Waals surface area contributed by atoms with E-state index in [1.165, 1.54) is 22.4 Å².